The Hall–Kier alpha value is -1.15. The first kappa shape index (κ1) is 10.9. The number of halogens is 1. The van der Waals surface area contributed by atoms with E-state index < -0.39 is 6.17 Å². The molecule has 1 aromatic carbocycles. The van der Waals surface area contributed by atoms with Gasteiger partial charge in [-0.1, -0.05) is 36.4 Å². The summed E-state index contributed by atoms with van der Waals surface area (Å²) < 4.78 is 13.2. The molecule has 2 atom stereocenters. The van der Waals surface area contributed by atoms with E-state index in [4.69, 9.17) is 5.11 Å². The van der Waals surface area contributed by atoms with Crippen LogP contribution in [0.3, 0.4) is 0 Å². The first-order valence-electron chi connectivity index (χ1n) is 4.69. The molecule has 0 heterocycles. The van der Waals surface area contributed by atoms with Crippen molar-refractivity contribution in [1.82, 2.24) is 0 Å². The molecule has 14 heavy (non-hydrogen) atoms. The van der Waals surface area contributed by atoms with Gasteiger partial charge in [0, 0.05) is 12.5 Å². The van der Waals surface area contributed by atoms with Crippen LogP contribution in [0.5, 0.6) is 0 Å². The van der Waals surface area contributed by atoms with Crippen molar-refractivity contribution < 1.29 is 9.50 Å². The zero-order chi connectivity index (χ0) is 10.4. The summed E-state index contributed by atoms with van der Waals surface area (Å²) in [6.07, 6.45) is 0.647. The number of hydrogen-bond acceptors (Lipinski definition) is 1. The highest BCUT2D eigenvalue weighted by Gasteiger charge is 2.17. The van der Waals surface area contributed by atoms with Gasteiger partial charge in [0.2, 0.25) is 0 Å². The van der Waals surface area contributed by atoms with Crippen LogP contribution in [0.2, 0.25) is 0 Å². The van der Waals surface area contributed by atoms with E-state index in [1.807, 2.05) is 30.3 Å². The van der Waals surface area contributed by atoms with Crippen LogP contribution in [-0.2, 0) is 6.42 Å². The molecule has 0 radical (unpaired) electrons. The molecular weight excluding hydrogens is 179 g/mol. The van der Waals surface area contributed by atoms with Crippen LogP contribution in [0, 0.1) is 5.92 Å². The Kier molecular flexibility index (Phi) is 4.33. The molecule has 0 bridgehead atoms. The molecule has 0 saturated heterocycles. The van der Waals surface area contributed by atoms with Crippen LogP contribution < -0.4 is 0 Å². The molecule has 0 amide bonds. The molecule has 76 valence electrons. The van der Waals surface area contributed by atoms with Crippen LogP contribution in [0.1, 0.15) is 5.56 Å². The van der Waals surface area contributed by atoms with E-state index in [9.17, 15) is 4.39 Å². The number of aliphatic hydroxyl groups excluding tert-OH is 1. The minimum absolute atomic E-state index is 0.151. The molecule has 2 heteroatoms. The van der Waals surface area contributed by atoms with Gasteiger partial charge < -0.3 is 5.11 Å². The fraction of sp³-hybridized carbons (Fsp3) is 0.333. The summed E-state index contributed by atoms with van der Waals surface area (Å²) in [6.45, 7) is 3.23. The van der Waals surface area contributed by atoms with Gasteiger partial charge in [0.1, 0.15) is 6.17 Å². The van der Waals surface area contributed by atoms with Crippen molar-refractivity contribution in [2.24, 2.45) is 5.92 Å². The van der Waals surface area contributed by atoms with E-state index in [0.29, 0.717) is 6.42 Å². The third-order valence-corrected chi connectivity index (χ3v) is 2.25. The van der Waals surface area contributed by atoms with E-state index in [1.165, 1.54) is 6.08 Å². The Bertz CT molecular complexity index is 271. The van der Waals surface area contributed by atoms with Crippen molar-refractivity contribution in [3.8, 4) is 0 Å². The summed E-state index contributed by atoms with van der Waals surface area (Å²) in [5.41, 5.74) is 1.04. The topological polar surface area (TPSA) is 20.2 Å². The van der Waals surface area contributed by atoms with Gasteiger partial charge in [-0.25, -0.2) is 4.39 Å². The van der Waals surface area contributed by atoms with Crippen molar-refractivity contribution in [3.05, 3.63) is 48.6 Å². The molecule has 0 aliphatic carbocycles. The van der Waals surface area contributed by atoms with Crippen LogP contribution in [0.15, 0.2) is 43.0 Å². The zero-order valence-electron chi connectivity index (χ0n) is 8.07. The molecule has 0 fully saturated rings. The summed E-state index contributed by atoms with van der Waals surface area (Å²) in [5, 5.41) is 9.00. The first-order chi connectivity index (χ1) is 6.77. The van der Waals surface area contributed by atoms with Gasteiger partial charge in [-0.15, -0.1) is 6.58 Å². The fourth-order valence-corrected chi connectivity index (χ4v) is 1.39. The Balaban J connectivity index is 2.61. The number of benzene rings is 1. The average Bonchev–Trinajstić information content (AvgIpc) is 2.26. The molecule has 1 aromatic rings. The molecule has 1 rings (SSSR count). The zero-order valence-corrected chi connectivity index (χ0v) is 8.07. The van der Waals surface area contributed by atoms with Crippen LogP contribution in [0.4, 0.5) is 4.39 Å². The lowest BCUT2D eigenvalue weighted by Crippen LogP contribution is -2.20. The molecule has 0 aromatic heterocycles. The first-order valence-corrected chi connectivity index (χ1v) is 4.69. The third-order valence-electron chi connectivity index (χ3n) is 2.25. The highest BCUT2D eigenvalue weighted by molar-refractivity contribution is 5.15. The van der Waals surface area contributed by atoms with Crippen molar-refractivity contribution >= 4 is 0 Å². The van der Waals surface area contributed by atoms with E-state index in [-0.39, 0.29) is 12.5 Å². The molecule has 1 N–H and O–H groups in total. The lowest BCUT2D eigenvalue weighted by Gasteiger charge is -2.15. The monoisotopic (exact) mass is 194 g/mol. The second-order valence-electron chi connectivity index (χ2n) is 3.31. The lowest BCUT2D eigenvalue weighted by atomic mass is 9.96. The second kappa shape index (κ2) is 5.55. The predicted octanol–water partition coefficient (Wildman–Crippen LogP) is 2.36. The standard InChI is InChI=1S/C12H15FO/c1-2-12(13)11(9-14)8-10-6-4-3-5-7-10/h2-7,11-12,14H,1,8-9H2/t11-,12-/m0/s1. The Morgan fingerprint density at radius 3 is 2.50 bits per heavy atom. The Labute approximate surface area is 83.9 Å². The van der Waals surface area contributed by atoms with Gasteiger partial charge in [-0.05, 0) is 12.0 Å². The summed E-state index contributed by atoms with van der Waals surface area (Å²) in [5.74, 6) is -0.380. The summed E-state index contributed by atoms with van der Waals surface area (Å²) in [6, 6.07) is 9.59. The van der Waals surface area contributed by atoms with Gasteiger partial charge in [-0.3, -0.25) is 0 Å². The van der Waals surface area contributed by atoms with E-state index in [2.05, 4.69) is 6.58 Å². The molecule has 0 aliphatic heterocycles. The summed E-state index contributed by atoms with van der Waals surface area (Å²) in [7, 11) is 0. The van der Waals surface area contributed by atoms with Crippen molar-refractivity contribution in [3.63, 3.8) is 0 Å². The minimum atomic E-state index is -1.14. The van der Waals surface area contributed by atoms with E-state index >= 15 is 0 Å². The average molecular weight is 194 g/mol. The van der Waals surface area contributed by atoms with Crippen molar-refractivity contribution in [1.29, 1.82) is 0 Å². The predicted molar refractivity (Wildman–Crippen MR) is 55.8 cm³/mol. The van der Waals surface area contributed by atoms with Crippen LogP contribution >= 0.6 is 0 Å². The maximum absolute atomic E-state index is 13.2. The largest absolute Gasteiger partial charge is 0.396 e. The Morgan fingerprint density at radius 2 is 2.00 bits per heavy atom. The highest BCUT2D eigenvalue weighted by atomic mass is 19.1. The van der Waals surface area contributed by atoms with Gasteiger partial charge >= 0.3 is 0 Å². The molecule has 0 saturated carbocycles. The number of alkyl halides is 1. The minimum Gasteiger partial charge on any atom is -0.396 e. The molecule has 0 spiro atoms. The van der Waals surface area contributed by atoms with E-state index in [1.54, 1.807) is 0 Å². The number of allylic oxidation sites excluding steroid dienone is 1. The molecule has 1 nitrogen and oxygen atoms in total. The van der Waals surface area contributed by atoms with Gasteiger partial charge in [0.25, 0.3) is 0 Å². The quantitative estimate of drug-likeness (QED) is 0.713. The normalized spacial score (nSPS) is 14.7. The van der Waals surface area contributed by atoms with Gasteiger partial charge in [-0.2, -0.15) is 0 Å². The third kappa shape index (κ3) is 2.96. The maximum atomic E-state index is 13.2. The van der Waals surface area contributed by atoms with Crippen LogP contribution in [-0.4, -0.2) is 17.9 Å². The Morgan fingerprint density at radius 1 is 1.36 bits per heavy atom. The van der Waals surface area contributed by atoms with Gasteiger partial charge in [0.05, 0.1) is 0 Å². The number of hydrogen-bond donors (Lipinski definition) is 1. The van der Waals surface area contributed by atoms with Gasteiger partial charge in [0.15, 0.2) is 0 Å². The molecular formula is C12H15FO. The smallest absolute Gasteiger partial charge is 0.123 e. The highest BCUT2D eigenvalue weighted by Crippen LogP contribution is 2.15. The second-order valence-corrected chi connectivity index (χ2v) is 3.31. The van der Waals surface area contributed by atoms with Crippen LogP contribution in [0.25, 0.3) is 0 Å². The number of rotatable bonds is 5. The maximum Gasteiger partial charge on any atom is 0.123 e. The summed E-state index contributed by atoms with van der Waals surface area (Å²) >= 11 is 0. The molecule has 0 aliphatic rings. The van der Waals surface area contributed by atoms with Crippen molar-refractivity contribution in [2.45, 2.75) is 12.6 Å². The summed E-state index contributed by atoms with van der Waals surface area (Å²) in [4.78, 5) is 0. The lowest BCUT2D eigenvalue weighted by molar-refractivity contribution is 0.164. The van der Waals surface area contributed by atoms with E-state index in [0.717, 1.165) is 5.56 Å². The van der Waals surface area contributed by atoms with Crippen molar-refractivity contribution in [2.75, 3.05) is 6.61 Å². The number of aliphatic hydroxyl groups is 1. The fourth-order valence-electron chi connectivity index (χ4n) is 1.39. The molecule has 0 unspecified atom stereocenters. The SMILES string of the molecule is C=C[C@H](F)[C@H](CO)Cc1ccccc1.